The molecule has 242 valence electrons. The fourth-order valence-corrected chi connectivity index (χ4v) is 8.94. The van der Waals surface area contributed by atoms with Crippen molar-refractivity contribution in [1.29, 1.82) is 0 Å². The number of rotatable bonds is 5. The van der Waals surface area contributed by atoms with Crippen LogP contribution in [0.4, 0.5) is 17.1 Å². The molecule has 1 aliphatic carbocycles. The topological polar surface area (TPSA) is 3.24 Å². The van der Waals surface area contributed by atoms with Crippen LogP contribution >= 0.6 is 11.3 Å². The fourth-order valence-electron chi connectivity index (χ4n) is 8.14. The minimum atomic E-state index is 1.13. The first kappa shape index (κ1) is 29.3. The van der Waals surface area contributed by atoms with Gasteiger partial charge in [0.05, 0.1) is 5.69 Å². The highest BCUT2D eigenvalue weighted by Crippen LogP contribution is 2.51. The lowest BCUT2D eigenvalue weighted by atomic mass is 9.77. The maximum Gasteiger partial charge on any atom is 0.0554 e. The number of fused-ring (bicyclic) bond motifs is 8. The number of nitrogens with zero attached hydrogens (tertiary/aromatic N) is 1. The Morgan fingerprint density at radius 2 is 0.865 bits per heavy atom. The van der Waals surface area contributed by atoms with Gasteiger partial charge in [0.25, 0.3) is 0 Å². The van der Waals surface area contributed by atoms with Gasteiger partial charge in [-0.1, -0.05) is 103 Å². The minimum absolute atomic E-state index is 1.13. The largest absolute Gasteiger partial charge is 0.310 e. The van der Waals surface area contributed by atoms with Crippen LogP contribution < -0.4 is 4.90 Å². The molecule has 1 nitrogen and oxygen atoms in total. The van der Waals surface area contributed by atoms with Crippen LogP contribution in [0.3, 0.4) is 0 Å². The first-order valence-electron chi connectivity index (χ1n) is 17.8. The lowest BCUT2D eigenvalue weighted by Gasteiger charge is -2.29. The molecule has 0 saturated carbocycles. The van der Waals surface area contributed by atoms with Crippen LogP contribution in [-0.2, 0) is 0 Å². The zero-order valence-corrected chi connectivity index (χ0v) is 29.1. The van der Waals surface area contributed by atoms with Gasteiger partial charge in [0.1, 0.15) is 0 Å². The predicted molar refractivity (Wildman–Crippen MR) is 224 cm³/mol. The van der Waals surface area contributed by atoms with Crippen molar-refractivity contribution in [3.05, 3.63) is 187 Å². The Labute approximate surface area is 306 Å². The Hall–Kier alpha value is -6.48. The van der Waals surface area contributed by atoms with E-state index in [1.54, 1.807) is 11.3 Å². The molecule has 0 amide bonds. The number of para-hydroxylation sites is 1. The molecule has 0 atom stereocenters. The van der Waals surface area contributed by atoms with Crippen molar-refractivity contribution in [1.82, 2.24) is 0 Å². The van der Waals surface area contributed by atoms with E-state index < -0.39 is 0 Å². The Balaban J connectivity index is 1.06. The number of anilines is 3. The van der Waals surface area contributed by atoms with Crippen molar-refractivity contribution in [2.75, 3.05) is 4.90 Å². The molecule has 0 bridgehead atoms. The van der Waals surface area contributed by atoms with Gasteiger partial charge in [-0.05, 0) is 161 Å². The highest BCUT2D eigenvalue weighted by atomic mass is 32.1. The molecule has 11 rings (SSSR count). The highest BCUT2D eigenvalue weighted by Gasteiger charge is 2.25. The molecule has 0 saturated heterocycles. The van der Waals surface area contributed by atoms with E-state index in [1.165, 1.54) is 92.6 Å². The summed E-state index contributed by atoms with van der Waals surface area (Å²) in [6.07, 6.45) is 0. The quantitative estimate of drug-likeness (QED) is 0.175. The molecule has 0 unspecified atom stereocenters. The Bertz CT molecular complexity index is 3010. The molecular weight excluding hydrogens is 647 g/mol. The predicted octanol–water partition coefficient (Wildman–Crippen LogP) is 14.8. The molecule has 0 radical (unpaired) electrons. The maximum atomic E-state index is 2.44. The smallest absolute Gasteiger partial charge is 0.0554 e. The van der Waals surface area contributed by atoms with E-state index in [-0.39, 0.29) is 0 Å². The second kappa shape index (κ2) is 11.5. The lowest BCUT2D eigenvalue weighted by molar-refractivity contribution is 1.30. The minimum Gasteiger partial charge on any atom is -0.310 e. The van der Waals surface area contributed by atoms with Gasteiger partial charge in [-0.25, -0.2) is 0 Å². The number of benzene rings is 9. The molecule has 1 heterocycles. The van der Waals surface area contributed by atoms with Crippen molar-refractivity contribution >= 4 is 70.8 Å². The van der Waals surface area contributed by atoms with E-state index in [9.17, 15) is 0 Å². The standard InChI is InChI=1S/C50H31NS/c1-3-9-32(10-4-1)35-16-17-36-26-45-46-27-37-19-20-43(25-41(37)30-48(46)47(45)29-40(36)24-35)51(42-13-5-2-6-14-42)49-31-50-39(21-22-52-50)28-44(49)38-18-15-33-11-7-8-12-34(33)23-38/h1-31H. The molecule has 0 fully saturated rings. The van der Waals surface area contributed by atoms with Crippen LogP contribution in [0.25, 0.3) is 86.9 Å². The first-order chi connectivity index (χ1) is 25.7. The molecule has 52 heavy (non-hydrogen) atoms. The average Bonchev–Trinajstić information content (AvgIpc) is 3.67. The normalized spacial score (nSPS) is 11.8. The fraction of sp³-hybridized carbons (Fsp3) is 0. The summed E-state index contributed by atoms with van der Waals surface area (Å²) in [4.78, 5) is 2.44. The molecule has 0 N–H and O–H groups in total. The highest BCUT2D eigenvalue weighted by molar-refractivity contribution is 7.17. The second-order valence-corrected chi connectivity index (χ2v) is 14.8. The van der Waals surface area contributed by atoms with Crippen LogP contribution in [0, 0.1) is 0 Å². The van der Waals surface area contributed by atoms with Gasteiger partial charge in [-0.3, -0.25) is 0 Å². The van der Waals surface area contributed by atoms with Crippen LogP contribution in [-0.4, -0.2) is 0 Å². The molecule has 0 aliphatic heterocycles. The van der Waals surface area contributed by atoms with Gasteiger partial charge in [0, 0.05) is 21.6 Å². The molecule has 10 aromatic rings. The van der Waals surface area contributed by atoms with Gasteiger partial charge in [0.15, 0.2) is 0 Å². The number of hydrogen-bond donors (Lipinski definition) is 0. The van der Waals surface area contributed by atoms with E-state index in [1.807, 2.05) is 0 Å². The van der Waals surface area contributed by atoms with Crippen LogP contribution in [0.15, 0.2) is 187 Å². The maximum absolute atomic E-state index is 2.44. The van der Waals surface area contributed by atoms with Gasteiger partial charge >= 0.3 is 0 Å². The molecule has 1 aromatic heterocycles. The molecule has 0 spiro atoms. The molecule has 9 aromatic carbocycles. The summed E-state index contributed by atoms with van der Waals surface area (Å²) in [5, 5.41) is 11.0. The summed E-state index contributed by atoms with van der Waals surface area (Å²) in [7, 11) is 0. The van der Waals surface area contributed by atoms with E-state index in [4.69, 9.17) is 0 Å². The SMILES string of the molecule is c1ccc(-c2ccc3cc4c(cc3c2)-c2cc3cc(N(c5ccccc5)c5cc6sccc6cc5-c5ccc6ccccc6c5)ccc3cc2-4)cc1. The Morgan fingerprint density at radius 3 is 1.63 bits per heavy atom. The third-order valence-corrected chi connectivity index (χ3v) is 11.6. The number of thiophene rings is 1. The summed E-state index contributed by atoms with van der Waals surface area (Å²) in [5.41, 5.74) is 13.7. The monoisotopic (exact) mass is 677 g/mol. The van der Waals surface area contributed by atoms with E-state index in [0.717, 1.165) is 11.4 Å². The summed E-state index contributed by atoms with van der Waals surface area (Å²) < 4.78 is 1.28. The van der Waals surface area contributed by atoms with Crippen molar-refractivity contribution in [3.8, 4) is 44.5 Å². The second-order valence-electron chi connectivity index (χ2n) is 13.8. The van der Waals surface area contributed by atoms with Crippen molar-refractivity contribution in [2.24, 2.45) is 0 Å². The van der Waals surface area contributed by atoms with Crippen molar-refractivity contribution < 1.29 is 0 Å². The van der Waals surface area contributed by atoms with Crippen LogP contribution in [0.1, 0.15) is 0 Å². The van der Waals surface area contributed by atoms with E-state index in [0.29, 0.717) is 0 Å². The third kappa shape index (κ3) is 4.69. The van der Waals surface area contributed by atoms with Crippen molar-refractivity contribution in [3.63, 3.8) is 0 Å². The summed E-state index contributed by atoms with van der Waals surface area (Å²) in [6, 6.07) is 67.3. The molecule has 2 heteroatoms. The van der Waals surface area contributed by atoms with Gasteiger partial charge in [-0.2, -0.15) is 0 Å². The van der Waals surface area contributed by atoms with Gasteiger partial charge in [0.2, 0.25) is 0 Å². The zero-order valence-electron chi connectivity index (χ0n) is 28.3. The zero-order chi connectivity index (χ0) is 34.2. The summed E-state index contributed by atoms with van der Waals surface area (Å²) in [5.74, 6) is 0. The Kier molecular flexibility index (Phi) is 6.49. The average molecular weight is 678 g/mol. The first-order valence-corrected chi connectivity index (χ1v) is 18.7. The molecular formula is C50H31NS. The molecule has 1 aliphatic rings. The van der Waals surface area contributed by atoms with Crippen molar-refractivity contribution in [2.45, 2.75) is 0 Å². The van der Waals surface area contributed by atoms with Gasteiger partial charge < -0.3 is 4.90 Å². The van der Waals surface area contributed by atoms with E-state index in [2.05, 4.69) is 192 Å². The van der Waals surface area contributed by atoms with Crippen LogP contribution in [0.5, 0.6) is 0 Å². The Morgan fingerprint density at radius 1 is 0.308 bits per heavy atom. The van der Waals surface area contributed by atoms with E-state index >= 15 is 0 Å². The number of hydrogen-bond acceptors (Lipinski definition) is 2. The summed E-state index contributed by atoms with van der Waals surface area (Å²) in [6.45, 7) is 0. The van der Waals surface area contributed by atoms with Crippen LogP contribution in [0.2, 0.25) is 0 Å². The summed E-state index contributed by atoms with van der Waals surface area (Å²) >= 11 is 1.80. The third-order valence-electron chi connectivity index (χ3n) is 10.8. The lowest BCUT2D eigenvalue weighted by Crippen LogP contribution is -2.11. The van der Waals surface area contributed by atoms with Gasteiger partial charge in [-0.15, -0.1) is 11.3 Å².